The van der Waals surface area contributed by atoms with Gasteiger partial charge in [-0.2, -0.15) is 5.90 Å². The average molecular weight is 578 g/mol. The first-order chi connectivity index (χ1) is 19.9. The Labute approximate surface area is 245 Å². The van der Waals surface area contributed by atoms with E-state index < -0.39 is 6.17 Å². The largest absolute Gasteiger partial charge is 0.389 e. The Kier molecular flexibility index (Phi) is 10.2. The van der Waals surface area contributed by atoms with Gasteiger partial charge in [-0.15, -0.1) is 11.3 Å². The number of carbonyl (C=O) groups excluding carboxylic acids is 1. The molecule has 1 atom stereocenters. The van der Waals surface area contributed by atoms with Gasteiger partial charge in [-0.05, 0) is 18.9 Å². The van der Waals surface area contributed by atoms with E-state index in [1.807, 2.05) is 68.4 Å². The van der Waals surface area contributed by atoms with Crippen molar-refractivity contribution in [1.82, 2.24) is 4.98 Å². The van der Waals surface area contributed by atoms with E-state index in [4.69, 9.17) is 21.8 Å². The van der Waals surface area contributed by atoms with Crippen molar-refractivity contribution in [2.45, 2.75) is 51.6 Å². The molecular formula is C30H39N7O3S. The van der Waals surface area contributed by atoms with Gasteiger partial charge in [0.25, 0.3) is 11.8 Å². The van der Waals surface area contributed by atoms with Crippen LogP contribution in [0.5, 0.6) is 0 Å². The van der Waals surface area contributed by atoms with Crippen LogP contribution in [0.25, 0.3) is 0 Å². The summed E-state index contributed by atoms with van der Waals surface area (Å²) in [5, 5.41) is 12.8. The number of carbonyl (C=O) groups is 1. The Morgan fingerprint density at radius 2 is 1.78 bits per heavy atom. The molecule has 2 aliphatic heterocycles. The van der Waals surface area contributed by atoms with Crippen LogP contribution in [-0.2, 0) is 19.8 Å². The Bertz CT molecular complexity index is 1370. The zero-order valence-electron chi connectivity index (χ0n) is 23.9. The number of morpholine rings is 1. The molecule has 1 saturated carbocycles. The van der Waals surface area contributed by atoms with Crippen LogP contribution in [0.4, 0.5) is 10.7 Å². The fraction of sp³-hybridized carbons (Fsp3) is 0.400. The number of thiazole rings is 1. The number of aromatic nitrogens is 1. The Morgan fingerprint density at radius 3 is 2.41 bits per heavy atom. The number of anilines is 2. The highest BCUT2D eigenvalue weighted by Gasteiger charge is 2.38. The minimum Gasteiger partial charge on any atom is -0.389 e. The maximum absolute atomic E-state index is 11.8. The summed E-state index contributed by atoms with van der Waals surface area (Å²) in [4.78, 5) is 27.7. The molecule has 0 radical (unpaired) electrons. The predicted octanol–water partition coefficient (Wildman–Crippen LogP) is 4.42. The number of fused-ring (bicyclic) bond motifs is 1. The monoisotopic (exact) mass is 577 g/mol. The van der Waals surface area contributed by atoms with Crippen LogP contribution in [0.1, 0.15) is 61.9 Å². The molecule has 1 unspecified atom stereocenters. The van der Waals surface area contributed by atoms with Crippen LogP contribution in [0.3, 0.4) is 0 Å². The second-order valence-corrected chi connectivity index (χ2v) is 10.9. The van der Waals surface area contributed by atoms with Gasteiger partial charge in [-0.3, -0.25) is 15.2 Å². The third-order valence-electron chi connectivity index (χ3n) is 7.24. The number of hydrogen-bond donors (Lipinski definition) is 4. The van der Waals surface area contributed by atoms with Crippen molar-refractivity contribution in [3.05, 3.63) is 76.4 Å². The van der Waals surface area contributed by atoms with Crippen LogP contribution < -0.4 is 21.8 Å². The SMILES string of the molecule is CC.CC1(c2nc(C(=N)ON)c(N3CCOCC3)s2)CCC1.NC1N=C(c2ccccc2)c2ccccc2NC1=O. The molecule has 3 heterocycles. The molecule has 2 aromatic carbocycles. The summed E-state index contributed by atoms with van der Waals surface area (Å²) in [5.74, 6) is 4.81. The molecule has 2 fully saturated rings. The number of rotatable bonds is 4. The molecule has 0 spiro atoms. The number of nitrogens with zero attached hydrogens (tertiary/aromatic N) is 3. The van der Waals surface area contributed by atoms with Crippen LogP contribution >= 0.6 is 11.3 Å². The molecule has 6 N–H and O–H groups in total. The lowest BCUT2D eigenvalue weighted by atomic mass is 9.71. The first kappa shape index (κ1) is 30.3. The Hall–Kier alpha value is -3.64. The van der Waals surface area contributed by atoms with Crippen molar-refractivity contribution < 1.29 is 14.4 Å². The zero-order valence-corrected chi connectivity index (χ0v) is 24.7. The maximum Gasteiger partial charge on any atom is 0.263 e. The summed E-state index contributed by atoms with van der Waals surface area (Å²) in [6.07, 6.45) is 2.70. The van der Waals surface area contributed by atoms with Crippen molar-refractivity contribution in [3.63, 3.8) is 0 Å². The molecule has 3 aromatic rings. The van der Waals surface area contributed by atoms with E-state index in [2.05, 4.69) is 32.0 Å². The maximum atomic E-state index is 11.8. The molecule has 218 valence electrons. The number of benzodiazepines with no additional fused rings is 1. The number of amides is 1. The average Bonchev–Trinajstić information content (AvgIpc) is 3.42. The van der Waals surface area contributed by atoms with Gasteiger partial charge in [0.1, 0.15) is 10.0 Å². The van der Waals surface area contributed by atoms with Gasteiger partial charge in [0.15, 0.2) is 11.9 Å². The molecule has 1 saturated heterocycles. The smallest absolute Gasteiger partial charge is 0.263 e. The minimum atomic E-state index is -0.886. The summed E-state index contributed by atoms with van der Waals surface area (Å²) in [6, 6.07) is 17.3. The summed E-state index contributed by atoms with van der Waals surface area (Å²) in [5.41, 5.74) is 9.83. The van der Waals surface area contributed by atoms with Gasteiger partial charge in [0.05, 0.1) is 24.6 Å². The molecular weight excluding hydrogens is 538 g/mol. The summed E-state index contributed by atoms with van der Waals surface area (Å²) in [6.45, 7) is 9.31. The molecule has 3 aliphatic rings. The third-order valence-corrected chi connectivity index (χ3v) is 8.66. The molecule has 11 heteroatoms. The van der Waals surface area contributed by atoms with Crippen LogP contribution in [0.15, 0.2) is 59.6 Å². The Balaban J connectivity index is 0.000000178. The number of nitrogens with two attached hydrogens (primary N) is 2. The summed E-state index contributed by atoms with van der Waals surface area (Å²) >= 11 is 1.68. The first-order valence-electron chi connectivity index (χ1n) is 14.0. The highest BCUT2D eigenvalue weighted by molar-refractivity contribution is 7.16. The van der Waals surface area contributed by atoms with E-state index in [0.717, 1.165) is 45.6 Å². The number of hydrogen-bond acceptors (Lipinski definition) is 10. The van der Waals surface area contributed by atoms with Gasteiger partial charge in [0.2, 0.25) is 0 Å². The van der Waals surface area contributed by atoms with E-state index in [-0.39, 0.29) is 17.2 Å². The molecule has 41 heavy (non-hydrogen) atoms. The molecule has 1 amide bonds. The summed E-state index contributed by atoms with van der Waals surface area (Å²) < 4.78 is 5.39. The van der Waals surface area contributed by atoms with E-state index >= 15 is 0 Å². The van der Waals surface area contributed by atoms with Crippen molar-refractivity contribution in [1.29, 1.82) is 5.41 Å². The molecule has 10 nitrogen and oxygen atoms in total. The van der Waals surface area contributed by atoms with Gasteiger partial charge < -0.3 is 25.5 Å². The van der Waals surface area contributed by atoms with Crippen LogP contribution in [0.2, 0.25) is 0 Å². The fourth-order valence-corrected chi connectivity index (χ4v) is 6.09. The minimum absolute atomic E-state index is 0.0584. The van der Waals surface area contributed by atoms with E-state index in [0.29, 0.717) is 18.9 Å². The second-order valence-electron chi connectivity index (χ2n) is 9.96. The fourth-order valence-electron chi connectivity index (χ4n) is 4.77. The quantitative estimate of drug-likeness (QED) is 0.203. The predicted molar refractivity (Wildman–Crippen MR) is 165 cm³/mol. The number of ether oxygens (including phenoxy) is 1. The van der Waals surface area contributed by atoms with E-state index in [1.54, 1.807) is 11.3 Å². The van der Waals surface area contributed by atoms with Gasteiger partial charge in [-0.25, -0.2) is 4.98 Å². The Morgan fingerprint density at radius 1 is 1.12 bits per heavy atom. The van der Waals surface area contributed by atoms with E-state index in [9.17, 15) is 4.79 Å². The second kappa shape index (κ2) is 13.8. The first-order valence-corrected chi connectivity index (χ1v) is 14.8. The van der Waals surface area contributed by atoms with Crippen molar-refractivity contribution in [2.24, 2.45) is 16.6 Å². The lowest BCUT2D eigenvalue weighted by molar-refractivity contribution is -0.117. The summed E-state index contributed by atoms with van der Waals surface area (Å²) in [7, 11) is 0. The van der Waals surface area contributed by atoms with Gasteiger partial charge in [0, 0.05) is 29.6 Å². The normalized spacial score (nSPS) is 19.0. The number of nitrogens with one attached hydrogen (secondary N) is 2. The third kappa shape index (κ3) is 6.82. The van der Waals surface area contributed by atoms with Crippen LogP contribution in [0, 0.1) is 5.41 Å². The standard InChI is InChI=1S/C15H13N3O.C13H20N4O2S.C2H6/c16-14-15(19)17-12-9-5-4-8-11(12)13(18-14)10-6-2-1-3-7-10;1-13(3-2-4-13)12-16-9(10(14)19-15)11(20-12)17-5-7-18-8-6-17;1-2/h1-9,14H,16H2,(H,17,19);14H,2-8,15H2,1H3;1-2H3. The van der Waals surface area contributed by atoms with Crippen LogP contribution in [-0.4, -0.2) is 55.0 Å². The topological polar surface area (TPSA) is 152 Å². The molecule has 1 aliphatic carbocycles. The van der Waals surface area contributed by atoms with Gasteiger partial charge in [-0.1, -0.05) is 75.7 Å². The highest BCUT2D eigenvalue weighted by atomic mass is 32.1. The lowest BCUT2D eigenvalue weighted by Gasteiger charge is -2.36. The van der Waals surface area contributed by atoms with E-state index in [1.165, 1.54) is 19.3 Å². The molecule has 1 aromatic heterocycles. The number of benzene rings is 2. The molecule has 6 rings (SSSR count). The number of aliphatic imine (C=N–C) groups is 1. The van der Waals surface area contributed by atoms with Crippen molar-refractivity contribution >= 4 is 39.5 Å². The van der Waals surface area contributed by atoms with Gasteiger partial charge >= 0.3 is 0 Å². The van der Waals surface area contributed by atoms with Crippen molar-refractivity contribution in [3.8, 4) is 0 Å². The lowest BCUT2D eigenvalue weighted by Crippen LogP contribution is -2.36. The molecule has 0 bridgehead atoms. The highest BCUT2D eigenvalue weighted by Crippen LogP contribution is 2.47. The zero-order chi connectivity index (χ0) is 29.4. The number of para-hydroxylation sites is 1. The van der Waals surface area contributed by atoms with Crippen molar-refractivity contribution in [2.75, 3.05) is 36.5 Å².